The fourth-order valence-corrected chi connectivity index (χ4v) is 2.57. The quantitative estimate of drug-likeness (QED) is 0.657. The van der Waals surface area contributed by atoms with Crippen LogP contribution in [0.25, 0.3) is 0 Å². The van der Waals surface area contributed by atoms with Gasteiger partial charge in [-0.05, 0) is 43.4 Å². The Morgan fingerprint density at radius 3 is 2.89 bits per heavy atom. The molecule has 0 bridgehead atoms. The summed E-state index contributed by atoms with van der Waals surface area (Å²) in [6.45, 7) is 4.28. The van der Waals surface area contributed by atoms with Gasteiger partial charge in [-0.25, -0.2) is 4.79 Å². The number of nitrogens with two attached hydrogens (primary N) is 1. The summed E-state index contributed by atoms with van der Waals surface area (Å²) in [4.78, 5) is 13.9. The van der Waals surface area contributed by atoms with Crippen molar-refractivity contribution in [3.63, 3.8) is 0 Å². The van der Waals surface area contributed by atoms with Crippen molar-refractivity contribution in [2.75, 3.05) is 30.8 Å². The molecule has 2 N–H and O–H groups in total. The van der Waals surface area contributed by atoms with E-state index >= 15 is 0 Å². The minimum atomic E-state index is -0.315. The number of ether oxygens (including phenoxy) is 1. The van der Waals surface area contributed by atoms with Crippen molar-refractivity contribution in [2.45, 2.75) is 26.2 Å². The standard InChI is InChI=1S/C15H22N2O2/c1-11-4-3-8-17(9-7-11)14-10-12(15(18)19-2)5-6-13(14)16/h5-6,10-11H,3-4,7-9,16H2,1-2H3. The first-order chi connectivity index (χ1) is 9.11. The Hall–Kier alpha value is -1.71. The van der Waals surface area contributed by atoms with Gasteiger partial charge in [-0.2, -0.15) is 0 Å². The van der Waals surface area contributed by atoms with Crippen molar-refractivity contribution < 1.29 is 9.53 Å². The Kier molecular flexibility index (Phi) is 4.30. The smallest absolute Gasteiger partial charge is 0.337 e. The normalized spacial score (nSPS) is 19.9. The molecule has 104 valence electrons. The van der Waals surface area contributed by atoms with Crippen molar-refractivity contribution in [3.8, 4) is 0 Å². The molecule has 0 radical (unpaired) electrons. The summed E-state index contributed by atoms with van der Waals surface area (Å²) >= 11 is 0. The number of anilines is 2. The van der Waals surface area contributed by atoms with Gasteiger partial charge < -0.3 is 15.4 Å². The van der Waals surface area contributed by atoms with Gasteiger partial charge in [0.2, 0.25) is 0 Å². The average Bonchev–Trinajstić information content (AvgIpc) is 2.63. The molecule has 0 saturated carbocycles. The van der Waals surface area contributed by atoms with Crippen LogP contribution in [0.3, 0.4) is 0 Å². The summed E-state index contributed by atoms with van der Waals surface area (Å²) in [5.41, 5.74) is 8.29. The predicted molar refractivity (Wildman–Crippen MR) is 77.4 cm³/mol. The molecule has 1 aromatic carbocycles. The van der Waals surface area contributed by atoms with E-state index in [0.29, 0.717) is 5.56 Å². The fraction of sp³-hybridized carbons (Fsp3) is 0.533. The van der Waals surface area contributed by atoms with Crippen molar-refractivity contribution in [2.24, 2.45) is 5.92 Å². The van der Waals surface area contributed by atoms with E-state index in [4.69, 9.17) is 10.5 Å². The summed E-state index contributed by atoms with van der Waals surface area (Å²) in [6.07, 6.45) is 3.60. The molecular weight excluding hydrogens is 240 g/mol. The van der Waals surface area contributed by atoms with Gasteiger partial charge in [-0.15, -0.1) is 0 Å². The van der Waals surface area contributed by atoms with Crippen molar-refractivity contribution in [3.05, 3.63) is 23.8 Å². The van der Waals surface area contributed by atoms with Gasteiger partial charge in [0.1, 0.15) is 0 Å². The second-order valence-electron chi connectivity index (χ2n) is 5.29. The molecule has 1 atom stereocenters. The molecule has 1 aliphatic rings. The third kappa shape index (κ3) is 3.19. The topological polar surface area (TPSA) is 55.6 Å². The number of methoxy groups -OCH3 is 1. The van der Waals surface area contributed by atoms with Gasteiger partial charge in [-0.3, -0.25) is 0 Å². The Balaban J connectivity index is 2.24. The zero-order chi connectivity index (χ0) is 13.8. The molecule has 4 nitrogen and oxygen atoms in total. The van der Waals surface area contributed by atoms with Crippen molar-refractivity contribution in [1.29, 1.82) is 0 Å². The van der Waals surface area contributed by atoms with Crippen molar-refractivity contribution >= 4 is 17.3 Å². The van der Waals surface area contributed by atoms with Crippen molar-refractivity contribution in [1.82, 2.24) is 0 Å². The van der Waals surface area contributed by atoms with Crippen LogP contribution in [0.1, 0.15) is 36.5 Å². The third-order valence-corrected chi connectivity index (χ3v) is 3.81. The molecule has 1 heterocycles. The van der Waals surface area contributed by atoms with E-state index in [1.165, 1.54) is 26.4 Å². The van der Waals surface area contributed by atoms with E-state index in [1.54, 1.807) is 12.1 Å². The Morgan fingerprint density at radius 2 is 2.16 bits per heavy atom. The molecule has 0 aromatic heterocycles. The van der Waals surface area contributed by atoms with Crippen LogP contribution >= 0.6 is 0 Å². The molecule has 1 aliphatic heterocycles. The maximum atomic E-state index is 11.6. The van der Waals surface area contributed by atoms with Crippen LogP contribution in [0.5, 0.6) is 0 Å². The van der Waals surface area contributed by atoms with E-state index in [2.05, 4.69) is 11.8 Å². The SMILES string of the molecule is COC(=O)c1ccc(N)c(N2CCCC(C)CC2)c1. The highest BCUT2D eigenvalue weighted by molar-refractivity contribution is 5.92. The van der Waals surface area contributed by atoms with Gasteiger partial charge in [0.25, 0.3) is 0 Å². The monoisotopic (exact) mass is 262 g/mol. The zero-order valence-corrected chi connectivity index (χ0v) is 11.7. The van der Waals surface area contributed by atoms with Gasteiger partial charge in [0.15, 0.2) is 0 Å². The molecule has 1 fully saturated rings. The van der Waals surface area contributed by atoms with Crippen LogP contribution in [0.4, 0.5) is 11.4 Å². The summed E-state index contributed by atoms with van der Waals surface area (Å²) in [5, 5.41) is 0. The maximum absolute atomic E-state index is 11.6. The van der Waals surface area contributed by atoms with E-state index in [0.717, 1.165) is 30.4 Å². The second-order valence-corrected chi connectivity index (χ2v) is 5.29. The molecule has 4 heteroatoms. The van der Waals surface area contributed by atoms with Gasteiger partial charge in [-0.1, -0.05) is 6.92 Å². The van der Waals surface area contributed by atoms with Gasteiger partial charge >= 0.3 is 5.97 Å². The van der Waals surface area contributed by atoms with Gasteiger partial charge in [0.05, 0.1) is 24.0 Å². The second kappa shape index (κ2) is 5.95. The average molecular weight is 262 g/mol. The highest BCUT2D eigenvalue weighted by Crippen LogP contribution is 2.28. The molecule has 19 heavy (non-hydrogen) atoms. The Labute approximate surface area is 114 Å². The number of carbonyl (C=O) groups is 1. The first kappa shape index (κ1) is 13.7. The maximum Gasteiger partial charge on any atom is 0.337 e. The highest BCUT2D eigenvalue weighted by atomic mass is 16.5. The van der Waals surface area contributed by atoms with Crippen LogP contribution < -0.4 is 10.6 Å². The fourth-order valence-electron chi connectivity index (χ4n) is 2.57. The largest absolute Gasteiger partial charge is 0.465 e. The number of hydrogen-bond donors (Lipinski definition) is 1. The molecule has 2 rings (SSSR count). The Morgan fingerprint density at radius 1 is 1.37 bits per heavy atom. The summed E-state index contributed by atoms with van der Waals surface area (Å²) in [5.74, 6) is 0.444. The number of esters is 1. The number of nitrogens with zero attached hydrogens (tertiary/aromatic N) is 1. The number of carbonyl (C=O) groups excluding carboxylic acids is 1. The third-order valence-electron chi connectivity index (χ3n) is 3.81. The molecular formula is C15H22N2O2. The van der Waals surface area contributed by atoms with E-state index in [-0.39, 0.29) is 5.97 Å². The lowest BCUT2D eigenvalue weighted by molar-refractivity contribution is 0.0601. The first-order valence-corrected chi connectivity index (χ1v) is 6.84. The van der Waals surface area contributed by atoms with E-state index in [1.807, 2.05) is 6.07 Å². The lowest BCUT2D eigenvalue weighted by Crippen LogP contribution is -2.25. The number of rotatable bonds is 2. The van der Waals surface area contributed by atoms with Crippen LogP contribution in [-0.4, -0.2) is 26.2 Å². The van der Waals surface area contributed by atoms with Crippen LogP contribution in [0.2, 0.25) is 0 Å². The lowest BCUT2D eigenvalue weighted by atomic mass is 10.0. The molecule has 0 amide bonds. The molecule has 1 unspecified atom stereocenters. The lowest BCUT2D eigenvalue weighted by Gasteiger charge is -2.24. The molecule has 1 aromatic rings. The summed E-state index contributed by atoms with van der Waals surface area (Å²) < 4.78 is 4.76. The van der Waals surface area contributed by atoms with E-state index < -0.39 is 0 Å². The number of benzene rings is 1. The number of nitrogen functional groups attached to an aromatic ring is 1. The predicted octanol–water partition coefficient (Wildman–Crippen LogP) is 2.68. The molecule has 0 aliphatic carbocycles. The van der Waals surface area contributed by atoms with Gasteiger partial charge in [0, 0.05) is 13.1 Å². The van der Waals surface area contributed by atoms with Crippen LogP contribution in [-0.2, 0) is 4.74 Å². The van der Waals surface area contributed by atoms with Crippen LogP contribution in [0, 0.1) is 5.92 Å². The van der Waals surface area contributed by atoms with Crippen LogP contribution in [0.15, 0.2) is 18.2 Å². The minimum absolute atomic E-state index is 0.315. The molecule has 0 spiro atoms. The summed E-state index contributed by atoms with van der Waals surface area (Å²) in [6, 6.07) is 5.35. The number of hydrogen-bond acceptors (Lipinski definition) is 4. The summed E-state index contributed by atoms with van der Waals surface area (Å²) in [7, 11) is 1.39. The zero-order valence-electron chi connectivity index (χ0n) is 11.7. The first-order valence-electron chi connectivity index (χ1n) is 6.84. The Bertz CT molecular complexity index is 459. The minimum Gasteiger partial charge on any atom is -0.465 e. The highest BCUT2D eigenvalue weighted by Gasteiger charge is 2.17. The molecule has 1 saturated heterocycles. The van der Waals surface area contributed by atoms with E-state index in [9.17, 15) is 4.79 Å².